The second kappa shape index (κ2) is 8.88. The molecule has 0 radical (unpaired) electrons. The lowest BCUT2D eigenvalue weighted by molar-refractivity contribution is 0.133. The average molecular weight is 409 g/mol. The zero-order valence-electron chi connectivity index (χ0n) is 17.1. The van der Waals surface area contributed by atoms with Crippen LogP contribution in [0.15, 0.2) is 60.8 Å². The first kappa shape index (κ1) is 20.4. The van der Waals surface area contributed by atoms with Crippen LogP contribution in [0.25, 0.3) is 0 Å². The van der Waals surface area contributed by atoms with E-state index in [1.807, 2.05) is 18.2 Å². The van der Waals surface area contributed by atoms with E-state index in [1.165, 1.54) is 24.3 Å². The molecule has 1 saturated heterocycles. The van der Waals surface area contributed by atoms with E-state index in [4.69, 9.17) is 4.74 Å². The molecule has 6 heteroatoms. The molecule has 1 aliphatic rings. The van der Waals surface area contributed by atoms with Crippen molar-refractivity contribution in [2.75, 3.05) is 13.1 Å². The van der Waals surface area contributed by atoms with Gasteiger partial charge in [0.25, 0.3) is 0 Å². The predicted molar refractivity (Wildman–Crippen MR) is 112 cm³/mol. The summed E-state index contributed by atoms with van der Waals surface area (Å²) in [6.45, 7) is 6.21. The first-order valence-corrected chi connectivity index (χ1v) is 10.3. The monoisotopic (exact) mass is 409 g/mol. The fraction of sp³-hybridized carbons (Fsp3) is 0.333. The molecule has 4 nitrogen and oxygen atoms in total. The molecular formula is C24H25F2N3O. The number of aromatic nitrogens is 2. The minimum absolute atomic E-state index is 0.130. The van der Waals surface area contributed by atoms with Gasteiger partial charge in [-0.3, -0.25) is 0 Å². The van der Waals surface area contributed by atoms with Crippen molar-refractivity contribution in [1.82, 2.24) is 14.9 Å². The number of rotatable bonds is 5. The molecule has 1 fully saturated rings. The van der Waals surface area contributed by atoms with Crippen LogP contribution < -0.4 is 4.74 Å². The number of likely N-dealkylation sites (tertiary alicyclic amines) is 1. The molecule has 1 aromatic heterocycles. The molecule has 3 aromatic rings. The van der Waals surface area contributed by atoms with E-state index in [0.29, 0.717) is 11.8 Å². The number of hydrogen-bond donors (Lipinski definition) is 0. The number of likely N-dealkylation sites (N-methyl/N-ethyl adjacent to an activating group) is 1. The third-order valence-corrected chi connectivity index (χ3v) is 5.90. The highest BCUT2D eigenvalue weighted by Gasteiger charge is 2.35. The molecule has 0 bridgehead atoms. The maximum Gasteiger partial charge on any atom is 0.322 e. The topological polar surface area (TPSA) is 38.2 Å². The third-order valence-electron chi connectivity index (χ3n) is 5.90. The maximum absolute atomic E-state index is 13.5. The molecule has 0 N–H and O–H groups in total. The minimum atomic E-state index is -0.324. The Morgan fingerprint density at radius 1 is 0.967 bits per heavy atom. The zero-order chi connectivity index (χ0) is 21.1. The molecule has 0 amide bonds. The summed E-state index contributed by atoms with van der Waals surface area (Å²) in [7, 11) is 0. The first-order valence-electron chi connectivity index (χ1n) is 10.3. The molecule has 30 heavy (non-hydrogen) atoms. The summed E-state index contributed by atoms with van der Waals surface area (Å²) in [5.74, 6) is 0.278. The van der Waals surface area contributed by atoms with E-state index in [2.05, 4.69) is 28.7 Å². The van der Waals surface area contributed by atoms with Gasteiger partial charge in [-0.1, -0.05) is 19.1 Å². The Bertz CT molecular complexity index is 979. The van der Waals surface area contributed by atoms with Gasteiger partial charge >= 0.3 is 6.01 Å². The largest absolute Gasteiger partial charge is 0.424 e. The lowest BCUT2D eigenvalue weighted by atomic mass is 9.76. The molecule has 0 spiro atoms. The molecule has 3 unspecified atom stereocenters. The minimum Gasteiger partial charge on any atom is -0.424 e. The Morgan fingerprint density at radius 3 is 2.30 bits per heavy atom. The van der Waals surface area contributed by atoms with E-state index in [-0.39, 0.29) is 29.5 Å². The Hall–Kier alpha value is -2.86. The van der Waals surface area contributed by atoms with Gasteiger partial charge in [0.05, 0.1) is 5.69 Å². The second-order valence-electron chi connectivity index (χ2n) is 7.76. The van der Waals surface area contributed by atoms with Crippen molar-refractivity contribution < 1.29 is 13.5 Å². The fourth-order valence-electron chi connectivity index (χ4n) is 4.28. The average Bonchev–Trinajstić information content (AvgIpc) is 2.76. The van der Waals surface area contributed by atoms with Gasteiger partial charge in [0.2, 0.25) is 0 Å². The zero-order valence-corrected chi connectivity index (χ0v) is 17.1. The van der Waals surface area contributed by atoms with Crippen LogP contribution in [0.4, 0.5) is 8.78 Å². The summed E-state index contributed by atoms with van der Waals surface area (Å²) in [6, 6.07) is 15.1. The summed E-state index contributed by atoms with van der Waals surface area (Å²) in [4.78, 5) is 11.3. The van der Waals surface area contributed by atoms with Crippen LogP contribution in [0.3, 0.4) is 0 Å². The van der Waals surface area contributed by atoms with Gasteiger partial charge < -0.3 is 9.64 Å². The van der Waals surface area contributed by atoms with Crippen LogP contribution >= 0.6 is 0 Å². The second-order valence-corrected chi connectivity index (χ2v) is 7.76. The van der Waals surface area contributed by atoms with Crippen molar-refractivity contribution >= 4 is 0 Å². The van der Waals surface area contributed by atoms with Gasteiger partial charge in [-0.05, 0) is 73.8 Å². The third kappa shape index (κ3) is 4.49. The van der Waals surface area contributed by atoms with Crippen LogP contribution in [0, 0.1) is 11.6 Å². The van der Waals surface area contributed by atoms with Crippen molar-refractivity contribution in [2.24, 2.45) is 0 Å². The van der Waals surface area contributed by atoms with E-state index >= 15 is 0 Å². The Labute approximate surface area is 175 Å². The predicted octanol–water partition coefficient (Wildman–Crippen LogP) is 5.53. The summed E-state index contributed by atoms with van der Waals surface area (Å²) >= 11 is 0. The molecule has 2 aromatic carbocycles. The van der Waals surface area contributed by atoms with Crippen LogP contribution in [0.5, 0.6) is 11.8 Å². The van der Waals surface area contributed by atoms with Gasteiger partial charge in [-0.15, -0.1) is 0 Å². The Morgan fingerprint density at radius 2 is 1.63 bits per heavy atom. The van der Waals surface area contributed by atoms with Crippen LogP contribution in [-0.2, 0) is 0 Å². The van der Waals surface area contributed by atoms with Gasteiger partial charge in [0.15, 0.2) is 0 Å². The highest BCUT2D eigenvalue weighted by molar-refractivity contribution is 5.29. The molecule has 0 aliphatic carbocycles. The quantitative estimate of drug-likeness (QED) is 0.555. The number of nitrogens with zero attached hydrogens (tertiary/aromatic N) is 3. The van der Waals surface area contributed by atoms with E-state index in [0.717, 1.165) is 30.8 Å². The molecule has 156 valence electrons. The molecule has 0 saturated carbocycles. The molecule has 4 rings (SSSR count). The molecular weight excluding hydrogens is 384 g/mol. The van der Waals surface area contributed by atoms with E-state index in [9.17, 15) is 8.78 Å². The summed E-state index contributed by atoms with van der Waals surface area (Å²) in [5, 5.41) is 0. The van der Waals surface area contributed by atoms with Crippen molar-refractivity contribution in [3.05, 3.63) is 83.7 Å². The Balaban J connectivity index is 1.64. The van der Waals surface area contributed by atoms with Gasteiger partial charge in [-0.2, -0.15) is 4.98 Å². The number of hydrogen-bond acceptors (Lipinski definition) is 4. The van der Waals surface area contributed by atoms with E-state index in [1.54, 1.807) is 18.3 Å². The number of ether oxygens (including phenoxy) is 1. The number of piperidine rings is 1. The summed E-state index contributed by atoms with van der Waals surface area (Å²) < 4.78 is 32.4. The normalized spacial score (nSPS) is 22.1. The van der Waals surface area contributed by atoms with Crippen molar-refractivity contribution in [2.45, 2.75) is 38.1 Å². The van der Waals surface area contributed by atoms with Gasteiger partial charge in [0, 0.05) is 24.7 Å². The fourth-order valence-corrected chi connectivity index (χ4v) is 4.28. The number of halogens is 2. The van der Waals surface area contributed by atoms with Gasteiger partial charge in [-0.25, -0.2) is 13.8 Å². The van der Waals surface area contributed by atoms with Crippen molar-refractivity contribution in [3.63, 3.8) is 0 Å². The smallest absolute Gasteiger partial charge is 0.322 e. The molecule has 2 heterocycles. The van der Waals surface area contributed by atoms with Gasteiger partial charge in [0.1, 0.15) is 17.4 Å². The SMILES string of the molecule is CCN1CC(c2ccnc(Oc3ccc(F)cc3)n2)C(c2ccc(F)cc2)CC1C. The lowest BCUT2D eigenvalue weighted by Gasteiger charge is -2.42. The standard InChI is InChI=1S/C24H25F2N3O/c1-3-29-15-22(21(14-16(29)2)17-4-6-18(25)7-5-17)23-12-13-27-24(28-23)30-20-10-8-19(26)9-11-20/h4-13,16,21-22H,3,14-15H2,1-2H3. The summed E-state index contributed by atoms with van der Waals surface area (Å²) in [6.07, 6.45) is 2.65. The van der Waals surface area contributed by atoms with E-state index < -0.39 is 0 Å². The highest BCUT2D eigenvalue weighted by Crippen LogP contribution is 2.41. The maximum atomic E-state index is 13.5. The highest BCUT2D eigenvalue weighted by atomic mass is 19.1. The van der Waals surface area contributed by atoms with Crippen molar-refractivity contribution in [1.29, 1.82) is 0 Å². The lowest BCUT2D eigenvalue weighted by Crippen LogP contribution is -2.44. The molecule has 3 atom stereocenters. The number of benzene rings is 2. The van der Waals surface area contributed by atoms with Crippen LogP contribution in [0.1, 0.15) is 43.4 Å². The summed E-state index contributed by atoms with van der Waals surface area (Å²) in [5.41, 5.74) is 2.01. The van der Waals surface area contributed by atoms with Crippen molar-refractivity contribution in [3.8, 4) is 11.8 Å². The molecule has 1 aliphatic heterocycles. The Kier molecular flexibility index (Phi) is 6.04. The van der Waals surface area contributed by atoms with Crippen LogP contribution in [0.2, 0.25) is 0 Å². The van der Waals surface area contributed by atoms with Crippen LogP contribution in [-0.4, -0.2) is 34.0 Å². The first-order chi connectivity index (χ1) is 14.5.